The third kappa shape index (κ3) is 6.44. The van der Waals surface area contributed by atoms with E-state index in [0.29, 0.717) is 11.3 Å². The summed E-state index contributed by atoms with van der Waals surface area (Å²) in [6.45, 7) is 1.97. The van der Waals surface area contributed by atoms with Gasteiger partial charge in [0, 0.05) is 11.5 Å². The second-order valence-electron chi connectivity index (χ2n) is 5.75. The summed E-state index contributed by atoms with van der Waals surface area (Å²) in [6.07, 6.45) is 22.5. The average Bonchev–Trinajstić information content (AvgIpc) is 3.44. The van der Waals surface area contributed by atoms with Crippen LogP contribution in [0.5, 0.6) is 0 Å². The largest absolute Gasteiger partial charge is 2.00 e. The first-order chi connectivity index (χ1) is 12.7. The van der Waals surface area contributed by atoms with Crippen LogP contribution in [0.15, 0.2) is 43.0 Å². The molecule has 0 N–H and O–H groups in total. The van der Waals surface area contributed by atoms with Crippen LogP contribution in [0.25, 0.3) is 5.70 Å². The molecule has 0 amide bonds. The number of ketones is 1. The van der Waals surface area contributed by atoms with Crippen LogP contribution in [0.3, 0.4) is 0 Å². The van der Waals surface area contributed by atoms with Crippen LogP contribution in [-0.4, -0.2) is 20.5 Å². The van der Waals surface area contributed by atoms with Crippen LogP contribution in [0.2, 0.25) is 0 Å². The summed E-state index contributed by atoms with van der Waals surface area (Å²) in [7, 11) is 0. The first kappa shape index (κ1) is 21.6. The number of carbonyl (C=O) groups is 1. The molecule has 27 heavy (non-hydrogen) atoms. The van der Waals surface area contributed by atoms with E-state index in [1.807, 2.05) is 95.1 Å². The predicted octanol–water partition coefficient (Wildman–Crippen LogP) is 3.73. The number of allylic oxidation sites excluding steroid dienone is 2. The third-order valence-corrected chi connectivity index (χ3v) is 3.73. The van der Waals surface area contributed by atoms with Gasteiger partial charge in [0.05, 0.1) is 0 Å². The summed E-state index contributed by atoms with van der Waals surface area (Å²) < 4.78 is 1.50. The Balaban J connectivity index is 0.000000379. The monoisotopic (exact) mass is 397 g/mol. The molecule has 2 saturated carbocycles. The van der Waals surface area contributed by atoms with Gasteiger partial charge in [0.1, 0.15) is 18.4 Å². The fraction of sp³-hybridized carbons (Fsp3) is 0.0455. The van der Waals surface area contributed by atoms with Crippen molar-refractivity contribution in [1.29, 1.82) is 0 Å². The minimum absolute atomic E-state index is 0. The zero-order chi connectivity index (χ0) is 18.2. The molecule has 0 aliphatic heterocycles. The van der Waals surface area contributed by atoms with E-state index in [-0.39, 0.29) is 22.9 Å². The van der Waals surface area contributed by atoms with Gasteiger partial charge in [-0.3, -0.25) is 4.79 Å². The number of Topliss-reactive ketones (excluding diaryl/α,β-unsaturated/α-hetero) is 1. The van der Waals surface area contributed by atoms with Crippen molar-refractivity contribution in [3.63, 3.8) is 0 Å². The van der Waals surface area contributed by atoms with Gasteiger partial charge in [0.15, 0.2) is 0 Å². The molecule has 2 fully saturated rings. The molecule has 2 aliphatic carbocycles. The summed E-state index contributed by atoms with van der Waals surface area (Å²) in [5.74, 6) is 0.881. The molecule has 0 atom stereocenters. The molecule has 1 aromatic heterocycles. The molecule has 2 aliphatic rings. The number of carbonyl (C=O) groups excluding carboxylic acids is 1. The third-order valence-electron chi connectivity index (χ3n) is 3.73. The van der Waals surface area contributed by atoms with E-state index in [2.05, 4.69) is 10.1 Å². The Morgan fingerprint density at radius 3 is 2.22 bits per heavy atom. The van der Waals surface area contributed by atoms with Gasteiger partial charge in [0.25, 0.3) is 0 Å². The molecule has 134 valence electrons. The molecule has 0 saturated heterocycles. The predicted molar refractivity (Wildman–Crippen MR) is 102 cm³/mol. The van der Waals surface area contributed by atoms with Crippen molar-refractivity contribution >= 4 is 11.5 Å². The smallest absolute Gasteiger partial charge is 0.287 e. The van der Waals surface area contributed by atoms with E-state index in [1.54, 1.807) is 0 Å². The zero-order valence-electron chi connectivity index (χ0n) is 14.8. The van der Waals surface area contributed by atoms with Crippen molar-refractivity contribution in [2.24, 2.45) is 0 Å². The van der Waals surface area contributed by atoms with Crippen LogP contribution in [0.1, 0.15) is 15.9 Å². The van der Waals surface area contributed by atoms with Crippen LogP contribution in [-0.2, 0) is 17.1 Å². The van der Waals surface area contributed by atoms with Gasteiger partial charge >= 0.3 is 17.1 Å². The maximum absolute atomic E-state index is 12.8. The quantitative estimate of drug-likeness (QED) is 0.449. The number of hydrogen-bond acceptors (Lipinski definition) is 3. The minimum Gasteiger partial charge on any atom is -0.287 e. The first-order valence-electron chi connectivity index (χ1n) is 8.30. The van der Waals surface area contributed by atoms with Crippen molar-refractivity contribution < 1.29 is 21.9 Å². The molecular weight excluding hydrogens is 378 g/mol. The molecule has 0 spiro atoms. The molecule has 2 aromatic rings. The van der Waals surface area contributed by atoms with Crippen molar-refractivity contribution in [3.05, 3.63) is 118 Å². The summed E-state index contributed by atoms with van der Waals surface area (Å²) in [4.78, 5) is 16.7. The van der Waals surface area contributed by atoms with E-state index in [9.17, 15) is 4.79 Å². The number of aryl methyl sites for hydroxylation is 1. The fourth-order valence-electron chi connectivity index (χ4n) is 2.47. The Morgan fingerprint density at radius 1 is 1.00 bits per heavy atom. The van der Waals surface area contributed by atoms with Crippen molar-refractivity contribution in [1.82, 2.24) is 14.8 Å². The van der Waals surface area contributed by atoms with Crippen molar-refractivity contribution in [2.75, 3.05) is 0 Å². The molecular formula is C22H19FeN3O+2. The summed E-state index contributed by atoms with van der Waals surface area (Å²) in [5.41, 5.74) is 2.17. The zero-order valence-corrected chi connectivity index (χ0v) is 15.9. The Hall–Kier alpha value is -1.71. The molecule has 4 rings (SSSR count). The SMILES string of the molecule is Cc1cccc(C(=O)/C(=C/[C]2[CH][CH][CH][CH]2)n2cncn2)c1.[CH]1[CH][CH][CH][CH]1.[Fe+2]. The van der Waals surface area contributed by atoms with Gasteiger partial charge < -0.3 is 0 Å². The molecule has 10 radical (unpaired) electrons. The maximum Gasteiger partial charge on any atom is 2.00 e. The Labute approximate surface area is 172 Å². The Morgan fingerprint density at radius 2 is 1.67 bits per heavy atom. The number of rotatable bonds is 4. The molecule has 0 bridgehead atoms. The Kier molecular flexibility index (Phi) is 8.96. The summed E-state index contributed by atoms with van der Waals surface area (Å²) >= 11 is 0. The topological polar surface area (TPSA) is 47.8 Å². The number of hydrogen-bond donors (Lipinski definition) is 0. The van der Waals surface area contributed by atoms with Crippen LogP contribution in [0.4, 0.5) is 0 Å². The second-order valence-corrected chi connectivity index (χ2v) is 5.75. The average molecular weight is 397 g/mol. The number of nitrogens with zero attached hydrogens (tertiary/aromatic N) is 3. The standard InChI is InChI=1S/C17H14N3O.C5H5.Fe/c1-13-5-4-8-15(9-13)17(21)16(20-12-18-11-19-20)10-14-6-2-3-7-14;1-2-4-5-3-1;/h2-12H,1H3;1-5H;/q;;+2/b16-10-;;. The molecule has 1 aromatic carbocycles. The van der Waals surface area contributed by atoms with Crippen LogP contribution >= 0.6 is 0 Å². The molecule has 4 nitrogen and oxygen atoms in total. The van der Waals surface area contributed by atoms with Gasteiger partial charge in [-0.15, -0.1) is 0 Å². The van der Waals surface area contributed by atoms with Gasteiger partial charge in [0.2, 0.25) is 5.78 Å². The van der Waals surface area contributed by atoms with Crippen molar-refractivity contribution in [3.8, 4) is 0 Å². The van der Waals surface area contributed by atoms with Gasteiger partial charge in [-0.05, 0) is 76.9 Å². The van der Waals surface area contributed by atoms with E-state index >= 15 is 0 Å². The van der Waals surface area contributed by atoms with Crippen molar-refractivity contribution in [2.45, 2.75) is 6.92 Å². The first-order valence-corrected chi connectivity index (χ1v) is 8.30. The van der Waals surface area contributed by atoms with E-state index in [4.69, 9.17) is 0 Å². The Bertz CT molecular complexity index is 722. The molecule has 0 unspecified atom stereocenters. The summed E-state index contributed by atoms with van der Waals surface area (Å²) in [5, 5.41) is 4.08. The fourth-order valence-corrected chi connectivity index (χ4v) is 2.47. The number of aromatic nitrogens is 3. The van der Waals surface area contributed by atoms with Crippen LogP contribution < -0.4 is 0 Å². The summed E-state index contributed by atoms with van der Waals surface area (Å²) in [6, 6.07) is 7.53. The van der Waals surface area contributed by atoms with Gasteiger partial charge in [-0.1, -0.05) is 23.8 Å². The number of benzene rings is 1. The van der Waals surface area contributed by atoms with Crippen LogP contribution in [0, 0.1) is 70.6 Å². The van der Waals surface area contributed by atoms with Gasteiger partial charge in [-0.2, -0.15) is 5.10 Å². The molecule has 1 heterocycles. The molecule has 5 heteroatoms. The van der Waals surface area contributed by atoms with E-state index in [0.717, 1.165) is 11.5 Å². The van der Waals surface area contributed by atoms with E-state index in [1.165, 1.54) is 17.3 Å². The second kappa shape index (κ2) is 11.2. The minimum atomic E-state index is -0.0783. The van der Waals surface area contributed by atoms with Gasteiger partial charge in [-0.25, -0.2) is 9.67 Å². The van der Waals surface area contributed by atoms with E-state index < -0.39 is 0 Å². The maximum atomic E-state index is 12.8. The normalized spacial score (nSPS) is 17.1.